The maximum Gasteiger partial charge on any atom is 0.168 e. The largest absolute Gasteiger partial charge is 0.367 e. The molecule has 2 rings (SSSR count). The molecule has 1 aromatic carbocycles. The summed E-state index contributed by atoms with van der Waals surface area (Å²) in [5.41, 5.74) is -0.205. The molecule has 1 aromatic rings. The molecule has 92 valence electrons. The minimum absolute atomic E-state index is 0.0300. The molecule has 0 saturated carbocycles. The van der Waals surface area contributed by atoms with Gasteiger partial charge < -0.3 is 4.74 Å². The van der Waals surface area contributed by atoms with Crippen LogP contribution in [0.25, 0.3) is 0 Å². The summed E-state index contributed by atoms with van der Waals surface area (Å²) in [6.07, 6.45) is 1.73. The normalized spacial score (nSPS) is 23.9. The molecule has 2 nitrogen and oxygen atoms in total. The second kappa shape index (κ2) is 4.75. The molecule has 0 bridgehead atoms. The van der Waals surface area contributed by atoms with Gasteiger partial charge in [-0.2, -0.15) is 0 Å². The number of rotatable bonds is 3. The van der Waals surface area contributed by atoms with Gasteiger partial charge >= 0.3 is 0 Å². The van der Waals surface area contributed by atoms with Crippen molar-refractivity contribution >= 4 is 17.4 Å². The van der Waals surface area contributed by atoms with Crippen LogP contribution in [0.1, 0.15) is 25.3 Å². The highest BCUT2D eigenvalue weighted by Gasteiger charge is 2.37. The molecule has 1 heterocycles. The number of carbonyl (C=O) groups is 1. The third-order valence-corrected chi connectivity index (χ3v) is 3.61. The second-order valence-corrected chi connectivity index (χ2v) is 4.87. The summed E-state index contributed by atoms with van der Waals surface area (Å²) < 4.78 is 18.7. The lowest BCUT2D eigenvalue weighted by Gasteiger charge is -2.21. The molecule has 4 heteroatoms. The lowest BCUT2D eigenvalue weighted by atomic mass is 9.92. The van der Waals surface area contributed by atoms with E-state index < -0.39 is 11.4 Å². The molecular formula is C13H14ClFO2. The van der Waals surface area contributed by atoms with Gasteiger partial charge in [-0.25, -0.2) is 4.39 Å². The van der Waals surface area contributed by atoms with E-state index in [2.05, 4.69) is 0 Å². The quantitative estimate of drug-likeness (QED) is 0.830. The molecule has 17 heavy (non-hydrogen) atoms. The van der Waals surface area contributed by atoms with Gasteiger partial charge in [-0.05, 0) is 31.4 Å². The van der Waals surface area contributed by atoms with Crippen molar-refractivity contribution in [2.24, 2.45) is 0 Å². The van der Waals surface area contributed by atoms with Crippen molar-refractivity contribution in [1.29, 1.82) is 0 Å². The summed E-state index contributed by atoms with van der Waals surface area (Å²) in [4.78, 5) is 12.1. The summed E-state index contributed by atoms with van der Waals surface area (Å²) >= 11 is 5.82. The minimum atomic E-state index is -0.727. The summed E-state index contributed by atoms with van der Waals surface area (Å²) in [7, 11) is 0. The molecular weight excluding hydrogens is 243 g/mol. The first-order chi connectivity index (χ1) is 8.03. The van der Waals surface area contributed by atoms with Gasteiger partial charge in [-0.3, -0.25) is 4.79 Å². The molecule has 1 aliphatic rings. The molecule has 1 fully saturated rings. The molecule has 0 aliphatic carbocycles. The van der Waals surface area contributed by atoms with Crippen LogP contribution in [0.2, 0.25) is 5.02 Å². The van der Waals surface area contributed by atoms with Crippen LogP contribution in [0, 0.1) is 5.82 Å². The van der Waals surface area contributed by atoms with Crippen LogP contribution >= 0.6 is 11.6 Å². The van der Waals surface area contributed by atoms with Crippen LogP contribution in [-0.2, 0) is 16.0 Å². The molecule has 1 aliphatic heterocycles. The molecule has 0 spiro atoms. The van der Waals surface area contributed by atoms with E-state index in [1.807, 2.05) is 0 Å². The van der Waals surface area contributed by atoms with Crippen LogP contribution in [0.4, 0.5) is 4.39 Å². The number of carbonyl (C=O) groups excluding carboxylic acids is 1. The Hall–Kier alpha value is -0.930. The fraction of sp³-hybridized carbons (Fsp3) is 0.462. The zero-order chi connectivity index (χ0) is 12.5. The zero-order valence-electron chi connectivity index (χ0n) is 9.63. The smallest absolute Gasteiger partial charge is 0.168 e. The van der Waals surface area contributed by atoms with Crippen LogP contribution in [0.3, 0.4) is 0 Å². The van der Waals surface area contributed by atoms with Gasteiger partial charge in [0.15, 0.2) is 5.78 Å². The molecule has 0 amide bonds. The Kier molecular flexibility index (Phi) is 3.50. The monoisotopic (exact) mass is 256 g/mol. The molecule has 1 saturated heterocycles. The van der Waals surface area contributed by atoms with E-state index in [1.54, 1.807) is 19.1 Å². The molecule has 1 atom stereocenters. The molecule has 0 radical (unpaired) electrons. The van der Waals surface area contributed by atoms with E-state index in [1.165, 1.54) is 6.07 Å². The first-order valence-corrected chi connectivity index (χ1v) is 6.01. The number of Topliss-reactive ketones (excluding diaryl/α,β-unsaturated/α-hetero) is 1. The van der Waals surface area contributed by atoms with Crippen LogP contribution in [0.5, 0.6) is 0 Å². The Morgan fingerprint density at radius 1 is 1.59 bits per heavy atom. The van der Waals surface area contributed by atoms with Crippen LogP contribution < -0.4 is 0 Å². The van der Waals surface area contributed by atoms with Crippen molar-refractivity contribution in [1.82, 2.24) is 0 Å². The minimum Gasteiger partial charge on any atom is -0.367 e. The number of ether oxygens (including phenoxy) is 1. The third kappa shape index (κ3) is 2.50. The average Bonchev–Trinajstić information content (AvgIpc) is 2.73. The summed E-state index contributed by atoms with van der Waals surface area (Å²) in [6, 6.07) is 4.51. The van der Waals surface area contributed by atoms with E-state index in [9.17, 15) is 9.18 Å². The van der Waals surface area contributed by atoms with Gasteiger partial charge in [0.2, 0.25) is 0 Å². The maximum atomic E-state index is 13.2. The standard InChI is InChI=1S/C13H14ClFO2/c1-13(6-3-7-17-13)11(16)8-9-4-2-5-10(15)12(9)14/h2,4-5H,3,6-8H2,1H3. The number of ketones is 1. The Balaban J connectivity index is 2.16. The molecule has 0 aromatic heterocycles. The van der Waals surface area contributed by atoms with Crippen LogP contribution in [0.15, 0.2) is 18.2 Å². The topological polar surface area (TPSA) is 26.3 Å². The number of halogens is 2. The van der Waals surface area contributed by atoms with Gasteiger partial charge in [0, 0.05) is 13.0 Å². The zero-order valence-corrected chi connectivity index (χ0v) is 10.4. The van der Waals surface area contributed by atoms with Crippen molar-refractivity contribution in [3.05, 3.63) is 34.6 Å². The maximum absolute atomic E-state index is 13.2. The van der Waals surface area contributed by atoms with E-state index >= 15 is 0 Å². The average molecular weight is 257 g/mol. The lowest BCUT2D eigenvalue weighted by Crippen LogP contribution is -2.35. The van der Waals surface area contributed by atoms with Crippen molar-refractivity contribution in [3.63, 3.8) is 0 Å². The lowest BCUT2D eigenvalue weighted by molar-refractivity contribution is -0.136. The SMILES string of the molecule is CC1(C(=O)Cc2cccc(F)c2Cl)CCCO1. The highest BCUT2D eigenvalue weighted by atomic mass is 35.5. The first kappa shape index (κ1) is 12.5. The van der Waals surface area contributed by atoms with E-state index in [-0.39, 0.29) is 17.2 Å². The van der Waals surface area contributed by atoms with E-state index in [0.717, 1.165) is 12.8 Å². The van der Waals surface area contributed by atoms with Crippen LogP contribution in [-0.4, -0.2) is 18.0 Å². The summed E-state index contributed by atoms with van der Waals surface area (Å²) in [6.45, 7) is 2.40. The fourth-order valence-electron chi connectivity index (χ4n) is 2.04. The van der Waals surface area contributed by atoms with E-state index in [4.69, 9.17) is 16.3 Å². The Bertz CT molecular complexity index is 439. The van der Waals surface area contributed by atoms with Gasteiger partial charge in [0.05, 0.1) is 5.02 Å². The summed E-state index contributed by atoms with van der Waals surface area (Å²) in [5, 5.41) is 0.0300. The number of benzene rings is 1. The van der Waals surface area contributed by atoms with Gasteiger partial charge in [0.1, 0.15) is 11.4 Å². The fourth-order valence-corrected chi connectivity index (χ4v) is 2.24. The number of hydrogen-bond acceptors (Lipinski definition) is 2. The molecule has 1 unspecified atom stereocenters. The van der Waals surface area contributed by atoms with Crippen molar-refractivity contribution in [2.45, 2.75) is 31.8 Å². The third-order valence-electron chi connectivity index (χ3n) is 3.19. The summed E-state index contributed by atoms with van der Waals surface area (Å²) in [5.74, 6) is -0.531. The first-order valence-electron chi connectivity index (χ1n) is 5.63. The van der Waals surface area contributed by atoms with Crippen molar-refractivity contribution in [2.75, 3.05) is 6.61 Å². The predicted molar refractivity (Wildman–Crippen MR) is 63.7 cm³/mol. The Morgan fingerprint density at radius 2 is 2.35 bits per heavy atom. The van der Waals surface area contributed by atoms with Crippen molar-refractivity contribution in [3.8, 4) is 0 Å². The Labute approximate surface area is 105 Å². The second-order valence-electron chi connectivity index (χ2n) is 4.50. The van der Waals surface area contributed by atoms with Gasteiger partial charge in [-0.1, -0.05) is 23.7 Å². The van der Waals surface area contributed by atoms with Crippen molar-refractivity contribution < 1.29 is 13.9 Å². The Morgan fingerprint density at radius 3 is 3.00 bits per heavy atom. The van der Waals surface area contributed by atoms with E-state index in [0.29, 0.717) is 12.2 Å². The van der Waals surface area contributed by atoms with Gasteiger partial charge in [-0.15, -0.1) is 0 Å². The number of hydrogen-bond donors (Lipinski definition) is 0. The van der Waals surface area contributed by atoms with Gasteiger partial charge in [0.25, 0.3) is 0 Å². The highest BCUT2D eigenvalue weighted by molar-refractivity contribution is 6.31. The highest BCUT2D eigenvalue weighted by Crippen LogP contribution is 2.29. The molecule has 0 N–H and O–H groups in total. The predicted octanol–water partition coefficient (Wildman–Crippen LogP) is 3.16.